The molecular formula is C14H31N. The fourth-order valence-corrected chi connectivity index (χ4v) is 1.92. The summed E-state index contributed by atoms with van der Waals surface area (Å²) in [6.45, 7) is 14.0. The smallest absolute Gasteiger partial charge is 0.00231 e. The van der Waals surface area contributed by atoms with Gasteiger partial charge in [-0.3, -0.25) is 0 Å². The SMILES string of the molecule is CCC(C)CC(C)CNCCCC(C)C. The van der Waals surface area contributed by atoms with Crippen molar-refractivity contribution in [1.82, 2.24) is 5.32 Å². The van der Waals surface area contributed by atoms with Crippen LogP contribution in [0.3, 0.4) is 0 Å². The second-order valence-corrected chi connectivity index (χ2v) is 5.59. The van der Waals surface area contributed by atoms with Gasteiger partial charge in [-0.25, -0.2) is 0 Å². The van der Waals surface area contributed by atoms with E-state index in [-0.39, 0.29) is 0 Å². The molecule has 1 nitrogen and oxygen atoms in total. The molecule has 0 aliphatic rings. The van der Waals surface area contributed by atoms with Crippen LogP contribution in [0.4, 0.5) is 0 Å². The van der Waals surface area contributed by atoms with Crippen LogP contribution in [0, 0.1) is 17.8 Å². The quantitative estimate of drug-likeness (QED) is 0.569. The van der Waals surface area contributed by atoms with Crippen molar-refractivity contribution in [3.8, 4) is 0 Å². The normalized spacial score (nSPS) is 15.6. The van der Waals surface area contributed by atoms with Crippen LogP contribution in [0.15, 0.2) is 0 Å². The third-order valence-electron chi connectivity index (χ3n) is 3.13. The molecule has 0 heterocycles. The van der Waals surface area contributed by atoms with Gasteiger partial charge in [0.25, 0.3) is 0 Å². The van der Waals surface area contributed by atoms with Gasteiger partial charge in [-0.05, 0) is 50.1 Å². The molecule has 0 saturated carbocycles. The fourth-order valence-electron chi connectivity index (χ4n) is 1.92. The second kappa shape index (κ2) is 9.21. The first-order valence-electron chi connectivity index (χ1n) is 6.76. The lowest BCUT2D eigenvalue weighted by molar-refractivity contribution is 0.384. The van der Waals surface area contributed by atoms with Gasteiger partial charge >= 0.3 is 0 Å². The lowest BCUT2D eigenvalue weighted by atomic mass is 9.95. The van der Waals surface area contributed by atoms with E-state index in [0.717, 1.165) is 17.8 Å². The Morgan fingerprint density at radius 3 is 2.20 bits per heavy atom. The van der Waals surface area contributed by atoms with E-state index < -0.39 is 0 Å². The monoisotopic (exact) mass is 213 g/mol. The summed E-state index contributed by atoms with van der Waals surface area (Å²) in [7, 11) is 0. The molecule has 0 amide bonds. The molecule has 0 aromatic carbocycles. The van der Waals surface area contributed by atoms with Crippen molar-refractivity contribution in [1.29, 1.82) is 0 Å². The molecule has 0 aliphatic carbocycles. The van der Waals surface area contributed by atoms with Crippen molar-refractivity contribution in [3.05, 3.63) is 0 Å². The highest BCUT2D eigenvalue weighted by atomic mass is 14.8. The van der Waals surface area contributed by atoms with Crippen molar-refractivity contribution in [3.63, 3.8) is 0 Å². The van der Waals surface area contributed by atoms with E-state index in [0.29, 0.717) is 0 Å². The van der Waals surface area contributed by atoms with Crippen LogP contribution in [0.5, 0.6) is 0 Å². The minimum Gasteiger partial charge on any atom is -0.316 e. The standard InChI is InChI=1S/C14H31N/c1-6-13(4)10-14(5)11-15-9-7-8-12(2)3/h12-15H,6-11H2,1-5H3. The van der Waals surface area contributed by atoms with Gasteiger partial charge in [-0.1, -0.05) is 41.0 Å². The molecule has 0 aliphatic heterocycles. The molecule has 0 spiro atoms. The predicted molar refractivity (Wildman–Crippen MR) is 70.2 cm³/mol. The maximum atomic E-state index is 3.57. The number of hydrogen-bond acceptors (Lipinski definition) is 1. The van der Waals surface area contributed by atoms with Crippen LogP contribution in [0.1, 0.15) is 60.3 Å². The molecule has 1 N–H and O–H groups in total. The molecule has 2 atom stereocenters. The molecule has 0 bridgehead atoms. The van der Waals surface area contributed by atoms with Gasteiger partial charge in [0.15, 0.2) is 0 Å². The summed E-state index contributed by atoms with van der Waals surface area (Å²) in [6, 6.07) is 0. The first-order valence-corrected chi connectivity index (χ1v) is 6.76. The Morgan fingerprint density at radius 2 is 1.67 bits per heavy atom. The van der Waals surface area contributed by atoms with Crippen LogP contribution < -0.4 is 5.32 Å². The molecule has 0 saturated heterocycles. The number of nitrogens with one attached hydrogen (secondary N) is 1. The van der Waals surface area contributed by atoms with Gasteiger partial charge in [0.2, 0.25) is 0 Å². The molecule has 1 heteroatoms. The van der Waals surface area contributed by atoms with Gasteiger partial charge in [-0.2, -0.15) is 0 Å². The Kier molecular flexibility index (Phi) is 9.18. The van der Waals surface area contributed by atoms with Crippen molar-refractivity contribution in [2.24, 2.45) is 17.8 Å². The Morgan fingerprint density at radius 1 is 1.00 bits per heavy atom. The van der Waals surface area contributed by atoms with Crippen LogP contribution in [-0.4, -0.2) is 13.1 Å². The van der Waals surface area contributed by atoms with Gasteiger partial charge in [0.05, 0.1) is 0 Å². The summed E-state index contributed by atoms with van der Waals surface area (Å²) >= 11 is 0. The van der Waals surface area contributed by atoms with Crippen LogP contribution in [0.2, 0.25) is 0 Å². The Bertz CT molecular complexity index is 131. The zero-order valence-corrected chi connectivity index (χ0v) is 11.5. The maximum Gasteiger partial charge on any atom is -0.00231 e. The third-order valence-corrected chi connectivity index (χ3v) is 3.13. The lowest BCUT2D eigenvalue weighted by Gasteiger charge is -2.16. The Labute approximate surface area is 97.0 Å². The first-order chi connectivity index (χ1) is 7.06. The summed E-state index contributed by atoms with van der Waals surface area (Å²) in [4.78, 5) is 0. The van der Waals surface area contributed by atoms with Gasteiger partial charge in [0.1, 0.15) is 0 Å². The van der Waals surface area contributed by atoms with Crippen LogP contribution in [-0.2, 0) is 0 Å². The highest BCUT2D eigenvalue weighted by molar-refractivity contribution is 4.61. The molecule has 0 fully saturated rings. The summed E-state index contributed by atoms with van der Waals surface area (Å²) in [5.41, 5.74) is 0. The van der Waals surface area contributed by atoms with E-state index in [1.54, 1.807) is 0 Å². The van der Waals surface area contributed by atoms with E-state index in [9.17, 15) is 0 Å². The molecular weight excluding hydrogens is 182 g/mol. The lowest BCUT2D eigenvalue weighted by Crippen LogP contribution is -2.23. The van der Waals surface area contributed by atoms with Crippen molar-refractivity contribution >= 4 is 0 Å². The molecule has 2 unspecified atom stereocenters. The van der Waals surface area contributed by atoms with E-state index >= 15 is 0 Å². The fraction of sp³-hybridized carbons (Fsp3) is 1.00. The minimum atomic E-state index is 0.832. The summed E-state index contributed by atoms with van der Waals surface area (Å²) in [5.74, 6) is 2.57. The summed E-state index contributed by atoms with van der Waals surface area (Å²) in [5, 5.41) is 3.57. The van der Waals surface area contributed by atoms with Crippen LogP contribution in [0.25, 0.3) is 0 Å². The van der Waals surface area contributed by atoms with Gasteiger partial charge in [0, 0.05) is 0 Å². The van der Waals surface area contributed by atoms with E-state index in [1.165, 1.54) is 38.8 Å². The predicted octanol–water partition coefficient (Wildman–Crippen LogP) is 4.08. The first kappa shape index (κ1) is 15.0. The van der Waals surface area contributed by atoms with E-state index in [1.807, 2.05) is 0 Å². The maximum absolute atomic E-state index is 3.57. The van der Waals surface area contributed by atoms with Crippen molar-refractivity contribution < 1.29 is 0 Å². The minimum absolute atomic E-state index is 0.832. The van der Waals surface area contributed by atoms with Gasteiger partial charge < -0.3 is 5.32 Å². The van der Waals surface area contributed by atoms with Crippen molar-refractivity contribution in [2.75, 3.05) is 13.1 Å². The molecule has 0 aromatic heterocycles. The Balaban J connectivity index is 3.27. The summed E-state index contributed by atoms with van der Waals surface area (Å²) in [6.07, 6.45) is 5.37. The third kappa shape index (κ3) is 10.2. The van der Waals surface area contributed by atoms with E-state index in [4.69, 9.17) is 0 Å². The average Bonchev–Trinajstić information content (AvgIpc) is 2.16. The zero-order valence-electron chi connectivity index (χ0n) is 11.5. The van der Waals surface area contributed by atoms with Crippen molar-refractivity contribution in [2.45, 2.75) is 60.3 Å². The second-order valence-electron chi connectivity index (χ2n) is 5.59. The highest BCUT2D eigenvalue weighted by Crippen LogP contribution is 2.13. The topological polar surface area (TPSA) is 12.0 Å². The molecule has 0 rings (SSSR count). The van der Waals surface area contributed by atoms with Crippen LogP contribution >= 0.6 is 0 Å². The molecule has 0 aromatic rings. The molecule has 0 radical (unpaired) electrons. The average molecular weight is 213 g/mol. The number of rotatable bonds is 9. The molecule has 15 heavy (non-hydrogen) atoms. The zero-order chi connectivity index (χ0) is 11.7. The summed E-state index contributed by atoms with van der Waals surface area (Å²) < 4.78 is 0. The molecule has 92 valence electrons. The van der Waals surface area contributed by atoms with Gasteiger partial charge in [-0.15, -0.1) is 0 Å². The van der Waals surface area contributed by atoms with E-state index in [2.05, 4.69) is 39.9 Å². The largest absolute Gasteiger partial charge is 0.316 e. The number of hydrogen-bond donors (Lipinski definition) is 1. The highest BCUT2D eigenvalue weighted by Gasteiger charge is 2.06. The Hall–Kier alpha value is -0.0400.